The lowest BCUT2D eigenvalue weighted by Crippen LogP contribution is -2.48. The Balaban J connectivity index is 1.47. The van der Waals surface area contributed by atoms with Gasteiger partial charge in [0.2, 0.25) is 5.91 Å². The fourth-order valence-electron chi connectivity index (χ4n) is 4.54. The maximum absolute atomic E-state index is 14.2. The van der Waals surface area contributed by atoms with E-state index in [1.54, 1.807) is 11.8 Å². The molecule has 196 valence electrons. The number of carbonyl (C=O) groups excluding carboxylic acids is 3. The second kappa shape index (κ2) is 11.7. The molecule has 0 aliphatic carbocycles. The van der Waals surface area contributed by atoms with E-state index in [4.69, 9.17) is 0 Å². The molecule has 8 nitrogen and oxygen atoms in total. The highest BCUT2D eigenvalue weighted by atomic mass is 32.1. The van der Waals surface area contributed by atoms with Crippen molar-refractivity contribution in [3.8, 4) is 11.3 Å². The maximum Gasteiger partial charge on any atom is 0.263 e. The van der Waals surface area contributed by atoms with E-state index in [9.17, 15) is 23.2 Å². The van der Waals surface area contributed by atoms with Crippen LogP contribution in [0.4, 0.5) is 8.78 Å². The SMILES string of the molecule is C[C@H](CC(=O)[C@H](CC(=O)N1CCCC[C@@H]1C)NC(=O)c1cncs1)c1ncc(-c2ccc(F)cc2F)[nH]1. The van der Waals surface area contributed by atoms with Gasteiger partial charge in [-0.15, -0.1) is 11.3 Å². The van der Waals surface area contributed by atoms with Crippen LogP contribution in [0.3, 0.4) is 0 Å². The summed E-state index contributed by atoms with van der Waals surface area (Å²) in [4.78, 5) is 52.5. The minimum atomic E-state index is -1.01. The molecular weight excluding hydrogens is 500 g/mol. The number of H-pyrrole nitrogens is 1. The summed E-state index contributed by atoms with van der Waals surface area (Å²) in [7, 11) is 0. The summed E-state index contributed by atoms with van der Waals surface area (Å²) < 4.78 is 27.4. The first-order valence-electron chi connectivity index (χ1n) is 12.2. The molecule has 0 radical (unpaired) electrons. The molecule has 1 aromatic carbocycles. The lowest BCUT2D eigenvalue weighted by atomic mass is 9.96. The summed E-state index contributed by atoms with van der Waals surface area (Å²) in [5, 5.41) is 2.72. The molecule has 1 aliphatic heterocycles. The van der Waals surface area contributed by atoms with Crippen LogP contribution in [-0.2, 0) is 9.59 Å². The van der Waals surface area contributed by atoms with Gasteiger partial charge in [-0.05, 0) is 38.3 Å². The fourth-order valence-corrected chi connectivity index (χ4v) is 5.06. The third-order valence-corrected chi connectivity index (χ3v) is 7.41. The fraction of sp³-hybridized carbons (Fsp3) is 0.423. The minimum absolute atomic E-state index is 0.00464. The molecule has 4 rings (SSSR count). The summed E-state index contributed by atoms with van der Waals surface area (Å²) in [5.41, 5.74) is 2.04. The minimum Gasteiger partial charge on any atom is -0.342 e. The number of nitrogens with one attached hydrogen (secondary N) is 2. The van der Waals surface area contributed by atoms with E-state index in [1.807, 2.05) is 6.92 Å². The molecule has 1 saturated heterocycles. The van der Waals surface area contributed by atoms with Gasteiger partial charge >= 0.3 is 0 Å². The Labute approximate surface area is 217 Å². The van der Waals surface area contributed by atoms with Crippen molar-refractivity contribution in [1.29, 1.82) is 0 Å². The molecule has 0 spiro atoms. The van der Waals surface area contributed by atoms with Gasteiger partial charge in [0.05, 0.1) is 36.1 Å². The number of thiazole rings is 1. The number of likely N-dealkylation sites (tertiary alicyclic amines) is 1. The number of piperidine rings is 1. The third kappa shape index (κ3) is 6.46. The predicted octanol–water partition coefficient (Wildman–Crippen LogP) is 4.46. The number of Topliss-reactive ketones (excluding diaryl/α,β-unsaturated/α-hetero) is 1. The highest BCUT2D eigenvalue weighted by Crippen LogP contribution is 2.26. The first kappa shape index (κ1) is 26.6. The average molecular weight is 530 g/mol. The van der Waals surface area contributed by atoms with Gasteiger partial charge in [-0.1, -0.05) is 6.92 Å². The van der Waals surface area contributed by atoms with E-state index in [-0.39, 0.29) is 36.1 Å². The summed E-state index contributed by atoms with van der Waals surface area (Å²) in [6, 6.07) is 2.34. The number of rotatable bonds is 9. The summed E-state index contributed by atoms with van der Waals surface area (Å²) in [6.45, 7) is 4.40. The standard InChI is InChI=1S/C26H29F2N5O3S/c1-15(25-30-12-21(31-25)18-7-6-17(27)10-19(18)28)9-22(34)20(32-26(36)23-13-29-14-37-23)11-24(35)33-8-4-3-5-16(33)2/h6-7,10,12-16,20H,3-5,8-9,11H2,1-2H3,(H,30,31)(H,32,36)/t15-,16+,20+/m1/s1. The smallest absolute Gasteiger partial charge is 0.263 e. The molecule has 0 unspecified atom stereocenters. The number of amides is 2. The van der Waals surface area contributed by atoms with Crippen molar-refractivity contribution < 1.29 is 23.2 Å². The molecule has 11 heteroatoms. The van der Waals surface area contributed by atoms with Crippen LogP contribution in [0.1, 0.15) is 67.4 Å². The molecule has 3 heterocycles. The number of carbonyl (C=O) groups is 3. The Bertz CT molecular complexity index is 1260. The number of benzene rings is 1. The Morgan fingerprint density at radius 3 is 2.73 bits per heavy atom. The maximum atomic E-state index is 14.2. The van der Waals surface area contributed by atoms with Gasteiger partial charge in [-0.2, -0.15) is 0 Å². The number of ketones is 1. The van der Waals surface area contributed by atoms with Crippen LogP contribution in [0.2, 0.25) is 0 Å². The largest absolute Gasteiger partial charge is 0.342 e. The van der Waals surface area contributed by atoms with E-state index in [0.29, 0.717) is 22.9 Å². The lowest BCUT2D eigenvalue weighted by Gasteiger charge is -2.34. The van der Waals surface area contributed by atoms with Crippen LogP contribution in [0, 0.1) is 11.6 Å². The number of nitrogens with zero attached hydrogens (tertiary/aromatic N) is 3. The van der Waals surface area contributed by atoms with Gasteiger partial charge in [0.15, 0.2) is 5.78 Å². The monoisotopic (exact) mass is 529 g/mol. The van der Waals surface area contributed by atoms with Crippen molar-refractivity contribution >= 4 is 28.9 Å². The lowest BCUT2D eigenvalue weighted by molar-refractivity contribution is -0.137. The Hall–Kier alpha value is -3.47. The van der Waals surface area contributed by atoms with Gasteiger partial charge < -0.3 is 15.2 Å². The highest BCUT2D eigenvalue weighted by molar-refractivity contribution is 7.11. The topological polar surface area (TPSA) is 108 Å². The predicted molar refractivity (Wildman–Crippen MR) is 135 cm³/mol. The van der Waals surface area contributed by atoms with E-state index in [0.717, 1.165) is 42.7 Å². The first-order chi connectivity index (χ1) is 17.7. The zero-order chi connectivity index (χ0) is 26.5. The van der Waals surface area contributed by atoms with Crippen molar-refractivity contribution in [2.24, 2.45) is 0 Å². The summed E-state index contributed by atoms with van der Waals surface area (Å²) >= 11 is 1.15. The van der Waals surface area contributed by atoms with E-state index in [1.165, 1.54) is 24.0 Å². The van der Waals surface area contributed by atoms with Crippen molar-refractivity contribution in [3.05, 3.63) is 58.4 Å². The quantitative estimate of drug-likeness (QED) is 0.425. The van der Waals surface area contributed by atoms with Crippen LogP contribution >= 0.6 is 11.3 Å². The second-order valence-electron chi connectivity index (χ2n) is 9.41. The summed E-state index contributed by atoms with van der Waals surface area (Å²) in [5.74, 6) is -2.31. The molecule has 37 heavy (non-hydrogen) atoms. The number of imidazole rings is 1. The molecule has 3 aromatic rings. The van der Waals surface area contributed by atoms with Crippen molar-refractivity contribution in [1.82, 2.24) is 25.2 Å². The van der Waals surface area contributed by atoms with E-state index >= 15 is 0 Å². The van der Waals surface area contributed by atoms with Gasteiger partial charge in [0.1, 0.15) is 22.3 Å². The summed E-state index contributed by atoms with van der Waals surface area (Å²) in [6.07, 6.45) is 5.58. The molecule has 0 bridgehead atoms. The number of hydrogen-bond acceptors (Lipinski definition) is 6. The third-order valence-electron chi connectivity index (χ3n) is 6.64. The molecule has 0 saturated carbocycles. The van der Waals surface area contributed by atoms with Crippen molar-refractivity contribution in [2.45, 2.75) is 64.0 Å². The van der Waals surface area contributed by atoms with Gasteiger partial charge in [0, 0.05) is 36.6 Å². The Kier molecular flexibility index (Phi) is 8.42. The van der Waals surface area contributed by atoms with Crippen LogP contribution in [-0.4, -0.2) is 56.1 Å². The van der Waals surface area contributed by atoms with Crippen molar-refractivity contribution in [2.75, 3.05) is 6.54 Å². The molecule has 3 atom stereocenters. The molecule has 2 aromatic heterocycles. The molecule has 2 N–H and O–H groups in total. The van der Waals surface area contributed by atoms with Crippen LogP contribution in [0.5, 0.6) is 0 Å². The number of aromatic nitrogens is 3. The number of halogens is 2. The average Bonchev–Trinajstić information content (AvgIpc) is 3.57. The number of hydrogen-bond donors (Lipinski definition) is 2. The van der Waals surface area contributed by atoms with Gasteiger partial charge in [-0.25, -0.2) is 13.8 Å². The molecular formula is C26H29F2N5O3S. The highest BCUT2D eigenvalue weighted by Gasteiger charge is 2.31. The Morgan fingerprint density at radius 1 is 1.22 bits per heavy atom. The van der Waals surface area contributed by atoms with Crippen LogP contribution in [0.25, 0.3) is 11.3 Å². The number of aromatic amines is 1. The Morgan fingerprint density at radius 2 is 2.03 bits per heavy atom. The molecule has 2 amide bonds. The van der Waals surface area contributed by atoms with Gasteiger partial charge in [0.25, 0.3) is 5.91 Å². The molecule has 1 aliphatic rings. The van der Waals surface area contributed by atoms with E-state index < -0.39 is 29.5 Å². The zero-order valence-electron chi connectivity index (χ0n) is 20.7. The normalized spacial score (nSPS) is 17.3. The zero-order valence-corrected chi connectivity index (χ0v) is 21.5. The van der Waals surface area contributed by atoms with Crippen molar-refractivity contribution in [3.63, 3.8) is 0 Å². The second-order valence-corrected chi connectivity index (χ2v) is 10.3. The van der Waals surface area contributed by atoms with Crippen LogP contribution < -0.4 is 5.32 Å². The van der Waals surface area contributed by atoms with Crippen LogP contribution in [0.15, 0.2) is 36.1 Å². The van der Waals surface area contributed by atoms with E-state index in [2.05, 4.69) is 20.3 Å². The van der Waals surface area contributed by atoms with Gasteiger partial charge in [-0.3, -0.25) is 19.4 Å². The molecule has 1 fully saturated rings. The first-order valence-corrected chi connectivity index (χ1v) is 13.1.